The molecule has 6 nitrogen and oxygen atoms in total. The van der Waals surface area contributed by atoms with Gasteiger partial charge in [0.25, 0.3) is 0 Å². The summed E-state index contributed by atoms with van der Waals surface area (Å²) in [5.41, 5.74) is 0. The molecule has 0 saturated carbocycles. The minimum absolute atomic E-state index is 0.114. The Bertz CT molecular complexity index is 457. The SMILES string of the molecule is CCOC(=O)C=CC(=O)NC(=S)Nc1nccs1. The summed E-state index contributed by atoms with van der Waals surface area (Å²) in [6.45, 7) is 1.94. The summed E-state index contributed by atoms with van der Waals surface area (Å²) in [6.07, 6.45) is 3.69. The van der Waals surface area contributed by atoms with E-state index in [0.717, 1.165) is 12.2 Å². The van der Waals surface area contributed by atoms with Crippen molar-refractivity contribution < 1.29 is 14.3 Å². The number of carbonyl (C=O) groups is 2. The van der Waals surface area contributed by atoms with Crippen LogP contribution in [-0.4, -0.2) is 28.6 Å². The highest BCUT2D eigenvalue weighted by molar-refractivity contribution is 7.80. The first-order chi connectivity index (χ1) is 8.61. The number of hydrogen-bond acceptors (Lipinski definition) is 6. The molecule has 0 unspecified atom stereocenters. The number of hydrogen-bond donors (Lipinski definition) is 2. The maximum atomic E-state index is 11.3. The highest BCUT2D eigenvalue weighted by Crippen LogP contribution is 2.09. The lowest BCUT2D eigenvalue weighted by molar-refractivity contribution is -0.137. The third-order valence-corrected chi connectivity index (χ3v) is 2.44. The zero-order valence-electron chi connectivity index (χ0n) is 9.50. The van der Waals surface area contributed by atoms with Crippen LogP contribution in [0, 0.1) is 0 Å². The van der Waals surface area contributed by atoms with E-state index >= 15 is 0 Å². The molecule has 0 saturated heterocycles. The van der Waals surface area contributed by atoms with E-state index in [2.05, 4.69) is 20.4 Å². The maximum Gasteiger partial charge on any atom is 0.330 e. The number of anilines is 1. The number of rotatable bonds is 4. The van der Waals surface area contributed by atoms with Crippen LogP contribution < -0.4 is 10.6 Å². The van der Waals surface area contributed by atoms with E-state index < -0.39 is 11.9 Å². The Balaban J connectivity index is 2.36. The highest BCUT2D eigenvalue weighted by Gasteiger charge is 2.03. The van der Waals surface area contributed by atoms with Crippen LogP contribution in [-0.2, 0) is 14.3 Å². The first-order valence-electron chi connectivity index (χ1n) is 4.98. The lowest BCUT2D eigenvalue weighted by atomic mass is 10.4. The van der Waals surface area contributed by atoms with Gasteiger partial charge in [-0.2, -0.15) is 0 Å². The number of esters is 1. The molecule has 2 N–H and O–H groups in total. The van der Waals surface area contributed by atoms with Gasteiger partial charge < -0.3 is 10.1 Å². The molecule has 0 radical (unpaired) electrons. The Hall–Kier alpha value is -1.80. The van der Waals surface area contributed by atoms with Crippen LogP contribution in [0.4, 0.5) is 5.13 Å². The van der Waals surface area contributed by atoms with E-state index in [0.29, 0.717) is 5.13 Å². The van der Waals surface area contributed by atoms with Gasteiger partial charge >= 0.3 is 5.97 Å². The molecule has 0 spiro atoms. The zero-order valence-corrected chi connectivity index (χ0v) is 11.1. The second-order valence-corrected chi connectivity index (χ2v) is 4.17. The van der Waals surface area contributed by atoms with Gasteiger partial charge in [0, 0.05) is 23.7 Å². The summed E-state index contributed by atoms with van der Waals surface area (Å²) in [5.74, 6) is -1.09. The predicted octanol–water partition coefficient (Wildman–Crippen LogP) is 1.08. The number of carbonyl (C=O) groups excluding carboxylic acids is 2. The number of aromatic nitrogens is 1. The van der Waals surface area contributed by atoms with Crippen molar-refractivity contribution in [2.24, 2.45) is 0 Å². The van der Waals surface area contributed by atoms with Crippen LogP contribution >= 0.6 is 23.6 Å². The van der Waals surface area contributed by atoms with Crippen molar-refractivity contribution in [3.63, 3.8) is 0 Å². The van der Waals surface area contributed by atoms with Gasteiger partial charge in [-0.05, 0) is 19.1 Å². The topological polar surface area (TPSA) is 80.3 Å². The molecule has 1 amide bonds. The van der Waals surface area contributed by atoms with Gasteiger partial charge in [-0.1, -0.05) is 0 Å². The minimum Gasteiger partial charge on any atom is -0.463 e. The van der Waals surface area contributed by atoms with Crippen molar-refractivity contribution in [2.45, 2.75) is 6.92 Å². The minimum atomic E-state index is -0.577. The van der Waals surface area contributed by atoms with Crippen LogP contribution in [0.1, 0.15) is 6.92 Å². The van der Waals surface area contributed by atoms with Gasteiger partial charge in [0.2, 0.25) is 5.91 Å². The fraction of sp³-hybridized carbons (Fsp3) is 0.200. The predicted molar refractivity (Wildman–Crippen MR) is 72.3 cm³/mol. The van der Waals surface area contributed by atoms with E-state index in [1.54, 1.807) is 18.5 Å². The second-order valence-electron chi connectivity index (χ2n) is 2.87. The highest BCUT2D eigenvalue weighted by atomic mass is 32.1. The molecule has 0 atom stereocenters. The third kappa shape index (κ3) is 5.51. The summed E-state index contributed by atoms with van der Waals surface area (Å²) in [4.78, 5) is 26.2. The molecule has 1 rings (SSSR count). The van der Waals surface area contributed by atoms with Gasteiger partial charge in [0.1, 0.15) is 0 Å². The maximum absolute atomic E-state index is 11.3. The summed E-state index contributed by atoms with van der Waals surface area (Å²) in [5, 5.41) is 7.56. The number of nitrogens with one attached hydrogen (secondary N) is 2. The summed E-state index contributed by atoms with van der Waals surface area (Å²) in [6, 6.07) is 0. The fourth-order valence-electron chi connectivity index (χ4n) is 0.901. The van der Waals surface area contributed by atoms with Crippen LogP contribution in [0.15, 0.2) is 23.7 Å². The number of nitrogens with zero attached hydrogens (tertiary/aromatic N) is 1. The Labute approximate surface area is 113 Å². The van der Waals surface area contributed by atoms with Crippen LogP contribution in [0.5, 0.6) is 0 Å². The number of ether oxygens (including phenoxy) is 1. The molecule has 8 heteroatoms. The molecule has 0 aromatic carbocycles. The van der Waals surface area contributed by atoms with E-state index in [1.807, 2.05) is 0 Å². The lowest BCUT2D eigenvalue weighted by Crippen LogP contribution is -2.32. The molecule has 0 aliphatic heterocycles. The van der Waals surface area contributed by atoms with E-state index in [1.165, 1.54) is 11.3 Å². The van der Waals surface area contributed by atoms with Crippen LogP contribution in [0.2, 0.25) is 0 Å². The quantitative estimate of drug-likeness (QED) is 0.489. The lowest BCUT2D eigenvalue weighted by Gasteiger charge is -2.04. The van der Waals surface area contributed by atoms with Crippen LogP contribution in [0.25, 0.3) is 0 Å². The van der Waals surface area contributed by atoms with Crippen molar-refractivity contribution in [3.8, 4) is 0 Å². The smallest absolute Gasteiger partial charge is 0.330 e. The van der Waals surface area contributed by atoms with Gasteiger partial charge in [0.15, 0.2) is 10.2 Å². The average molecular weight is 285 g/mol. The fourth-order valence-corrected chi connectivity index (χ4v) is 1.70. The van der Waals surface area contributed by atoms with Crippen molar-refractivity contribution in [1.29, 1.82) is 0 Å². The van der Waals surface area contributed by atoms with Crippen molar-refractivity contribution in [2.75, 3.05) is 11.9 Å². The molecule has 18 heavy (non-hydrogen) atoms. The molecule has 1 aromatic heterocycles. The Morgan fingerprint density at radius 3 is 2.94 bits per heavy atom. The monoisotopic (exact) mass is 285 g/mol. The van der Waals surface area contributed by atoms with Crippen LogP contribution in [0.3, 0.4) is 0 Å². The number of thiocarbonyl (C=S) groups is 1. The molecule has 1 aromatic rings. The molecule has 0 aliphatic rings. The third-order valence-electron chi connectivity index (χ3n) is 1.55. The van der Waals surface area contributed by atoms with Gasteiger partial charge in [-0.15, -0.1) is 11.3 Å². The van der Waals surface area contributed by atoms with Crippen molar-refractivity contribution >= 4 is 45.7 Å². The average Bonchev–Trinajstić information content (AvgIpc) is 2.79. The van der Waals surface area contributed by atoms with Gasteiger partial charge in [-0.3, -0.25) is 10.1 Å². The first-order valence-corrected chi connectivity index (χ1v) is 6.27. The van der Waals surface area contributed by atoms with E-state index in [-0.39, 0.29) is 11.7 Å². The van der Waals surface area contributed by atoms with E-state index in [9.17, 15) is 9.59 Å². The molecule has 0 fully saturated rings. The standard InChI is InChI=1S/C10H11N3O3S2/c1-2-16-8(15)4-3-7(14)12-9(17)13-10-11-5-6-18-10/h3-6H,2H2,1H3,(H2,11,12,13,14,17). The van der Waals surface area contributed by atoms with E-state index in [4.69, 9.17) is 12.2 Å². The molecule has 0 bridgehead atoms. The summed E-state index contributed by atoms with van der Waals surface area (Å²) in [7, 11) is 0. The Morgan fingerprint density at radius 2 is 2.33 bits per heavy atom. The normalized spacial score (nSPS) is 10.1. The molecule has 0 aliphatic carbocycles. The molecular formula is C10H11N3O3S2. The summed E-state index contributed by atoms with van der Waals surface area (Å²) >= 11 is 6.23. The van der Waals surface area contributed by atoms with Gasteiger partial charge in [0.05, 0.1) is 6.61 Å². The Morgan fingerprint density at radius 1 is 1.56 bits per heavy atom. The first kappa shape index (κ1) is 14.3. The Kier molecular flexibility index (Phi) is 5.95. The summed E-state index contributed by atoms with van der Waals surface area (Å²) < 4.78 is 4.62. The number of thiazole rings is 1. The molecule has 96 valence electrons. The zero-order chi connectivity index (χ0) is 13.4. The van der Waals surface area contributed by atoms with Crippen molar-refractivity contribution in [3.05, 3.63) is 23.7 Å². The van der Waals surface area contributed by atoms with Gasteiger partial charge in [-0.25, -0.2) is 9.78 Å². The number of amides is 1. The van der Waals surface area contributed by atoms with Crippen molar-refractivity contribution in [1.82, 2.24) is 10.3 Å². The molecular weight excluding hydrogens is 274 g/mol. The second kappa shape index (κ2) is 7.51. The largest absolute Gasteiger partial charge is 0.463 e. The molecule has 1 heterocycles.